The Kier molecular flexibility index (Phi) is 5.91. The maximum absolute atomic E-state index is 6.30. The van der Waals surface area contributed by atoms with E-state index in [-0.39, 0.29) is 6.04 Å². The summed E-state index contributed by atoms with van der Waals surface area (Å²) < 4.78 is 0. The van der Waals surface area contributed by atoms with Crippen molar-refractivity contribution in [2.75, 3.05) is 0 Å². The van der Waals surface area contributed by atoms with Gasteiger partial charge in [-0.15, -0.1) is 11.3 Å². The van der Waals surface area contributed by atoms with Crippen LogP contribution in [0.25, 0.3) is 0 Å². The molecule has 0 aliphatic heterocycles. The van der Waals surface area contributed by atoms with Gasteiger partial charge in [0.05, 0.1) is 0 Å². The Morgan fingerprint density at radius 3 is 2.65 bits per heavy atom. The number of halogens is 2. The molecule has 1 aromatic heterocycles. The van der Waals surface area contributed by atoms with Crippen molar-refractivity contribution in [3.8, 4) is 0 Å². The minimum Gasteiger partial charge on any atom is -0.305 e. The lowest BCUT2D eigenvalue weighted by Crippen LogP contribution is -2.20. The monoisotopic (exact) mass is 327 g/mol. The molecular weight excluding hydrogens is 309 g/mol. The molecule has 1 N–H and O–H groups in total. The summed E-state index contributed by atoms with van der Waals surface area (Å²) in [5.41, 5.74) is 2.55. The summed E-state index contributed by atoms with van der Waals surface area (Å²) in [6.45, 7) is 5.25. The molecule has 1 nitrogen and oxygen atoms in total. The molecule has 20 heavy (non-hydrogen) atoms. The standard InChI is InChI=1S/C16H19Cl2NS/c1-3-11-7-8-20-16(11)10-19-15(4-2)13-6-5-12(17)9-14(13)18/h5-9,15,19H,3-4,10H2,1-2H3. The van der Waals surface area contributed by atoms with Crippen molar-refractivity contribution in [1.29, 1.82) is 0 Å². The normalized spacial score (nSPS) is 12.6. The largest absolute Gasteiger partial charge is 0.305 e. The predicted molar refractivity (Wildman–Crippen MR) is 90.0 cm³/mol. The Balaban J connectivity index is 2.09. The second-order valence-corrected chi connectivity index (χ2v) is 6.57. The zero-order valence-electron chi connectivity index (χ0n) is 11.7. The summed E-state index contributed by atoms with van der Waals surface area (Å²) in [6, 6.07) is 8.19. The first-order valence-corrected chi connectivity index (χ1v) is 8.52. The first kappa shape index (κ1) is 15.8. The molecule has 4 heteroatoms. The van der Waals surface area contributed by atoms with Gasteiger partial charge in [0.15, 0.2) is 0 Å². The van der Waals surface area contributed by atoms with Crippen molar-refractivity contribution < 1.29 is 0 Å². The van der Waals surface area contributed by atoms with Crippen molar-refractivity contribution >= 4 is 34.5 Å². The molecule has 1 atom stereocenters. The molecule has 0 radical (unpaired) electrons. The minimum absolute atomic E-state index is 0.256. The van der Waals surface area contributed by atoms with Gasteiger partial charge in [0.25, 0.3) is 0 Å². The molecule has 0 saturated heterocycles. The van der Waals surface area contributed by atoms with Crippen molar-refractivity contribution in [2.24, 2.45) is 0 Å². The second kappa shape index (κ2) is 7.46. The zero-order valence-corrected chi connectivity index (χ0v) is 14.1. The number of thiophene rings is 1. The lowest BCUT2D eigenvalue weighted by molar-refractivity contribution is 0.521. The number of benzene rings is 1. The molecule has 0 aliphatic rings. The molecule has 0 aliphatic carbocycles. The van der Waals surface area contributed by atoms with E-state index < -0.39 is 0 Å². The molecule has 0 fully saturated rings. The molecule has 1 aromatic carbocycles. The van der Waals surface area contributed by atoms with E-state index in [9.17, 15) is 0 Å². The highest BCUT2D eigenvalue weighted by Crippen LogP contribution is 2.28. The van der Waals surface area contributed by atoms with Gasteiger partial charge in [0, 0.05) is 27.5 Å². The molecular formula is C16H19Cl2NS. The Morgan fingerprint density at radius 2 is 2.00 bits per heavy atom. The number of nitrogens with one attached hydrogen (secondary N) is 1. The minimum atomic E-state index is 0.256. The van der Waals surface area contributed by atoms with Crippen LogP contribution in [0.5, 0.6) is 0 Å². The predicted octanol–water partition coefficient (Wildman–Crippen LogP) is 5.86. The fourth-order valence-electron chi connectivity index (χ4n) is 2.31. The average Bonchev–Trinajstić information content (AvgIpc) is 2.88. The van der Waals surface area contributed by atoms with Crippen LogP contribution >= 0.6 is 34.5 Å². The number of rotatable bonds is 6. The fraction of sp³-hybridized carbons (Fsp3) is 0.375. The topological polar surface area (TPSA) is 12.0 Å². The van der Waals surface area contributed by atoms with E-state index in [1.54, 1.807) is 0 Å². The zero-order chi connectivity index (χ0) is 14.5. The average molecular weight is 328 g/mol. The number of hydrogen-bond acceptors (Lipinski definition) is 2. The van der Waals surface area contributed by atoms with Crippen LogP contribution in [0.3, 0.4) is 0 Å². The lowest BCUT2D eigenvalue weighted by Gasteiger charge is -2.19. The first-order chi connectivity index (χ1) is 9.65. The van der Waals surface area contributed by atoms with Gasteiger partial charge in [0.2, 0.25) is 0 Å². The van der Waals surface area contributed by atoms with Crippen LogP contribution in [0, 0.1) is 0 Å². The first-order valence-electron chi connectivity index (χ1n) is 6.89. The Bertz CT molecular complexity index is 565. The van der Waals surface area contributed by atoms with Gasteiger partial charge in [-0.1, -0.05) is 43.1 Å². The molecule has 0 bridgehead atoms. The van der Waals surface area contributed by atoms with E-state index in [4.69, 9.17) is 23.2 Å². The van der Waals surface area contributed by atoms with E-state index in [2.05, 4.69) is 30.6 Å². The number of aryl methyl sites for hydroxylation is 1. The van der Waals surface area contributed by atoms with Gasteiger partial charge in [-0.05, 0) is 47.5 Å². The SMILES string of the molecule is CCc1ccsc1CNC(CC)c1ccc(Cl)cc1Cl. The van der Waals surface area contributed by atoms with Crippen LogP contribution in [0.4, 0.5) is 0 Å². The summed E-state index contributed by atoms with van der Waals surface area (Å²) in [5, 5.41) is 7.18. The molecule has 0 saturated carbocycles. The highest BCUT2D eigenvalue weighted by molar-refractivity contribution is 7.10. The molecule has 2 rings (SSSR count). The van der Waals surface area contributed by atoms with Crippen molar-refractivity contribution in [2.45, 2.75) is 39.3 Å². The van der Waals surface area contributed by atoms with Crippen molar-refractivity contribution in [3.63, 3.8) is 0 Å². The maximum Gasteiger partial charge on any atom is 0.0468 e. The van der Waals surface area contributed by atoms with Gasteiger partial charge in [-0.25, -0.2) is 0 Å². The smallest absolute Gasteiger partial charge is 0.0468 e. The van der Waals surface area contributed by atoms with E-state index >= 15 is 0 Å². The maximum atomic E-state index is 6.30. The number of hydrogen-bond donors (Lipinski definition) is 1. The molecule has 1 heterocycles. The molecule has 0 amide bonds. The quantitative estimate of drug-likeness (QED) is 0.700. The van der Waals surface area contributed by atoms with E-state index in [1.165, 1.54) is 10.4 Å². The van der Waals surface area contributed by atoms with E-state index in [0.29, 0.717) is 5.02 Å². The lowest BCUT2D eigenvalue weighted by atomic mass is 10.0. The third kappa shape index (κ3) is 3.76. The van der Waals surface area contributed by atoms with Crippen LogP contribution in [-0.2, 0) is 13.0 Å². The summed E-state index contributed by atoms with van der Waals surface area (Å²) >= 11 is 14.1. The Morgan fingerprint density at radius 1 is 1.20 bits per heavy atom. The van der Waals surface area contributed by atoms with Crippen molar-refractivity contribution in [3.05, 3.63) is 55.7 Å². The summed E-state index contributed by atoms with van der Waals surface area (Å²) in [6.07, 6.45) is 2.08. The van der Waals surface area contributed by atoms with Crippen LogP contribution in [-0.4, -0.2) is 0 Å². The molecule has 2 aromatic rings. The third-order valence-corrected chi connectivity index (χ3v) is 5.00. The van der Waals surface area contributed by atoms with Gasteiger partial charge in [-0.3, -0.25) is 0 Å². The van der Waals surface area contributed by atoms with Gasteiger partial charge < -0.3 is 5.32 Å². The summed E-state index contributed by atoms with van der Waals surface area (Å²) in [5.74, 6) is 0. The van der Waals surface area contributed by atoms with Crippen LogP contribution in [0.15, 0.2) is 29.6 Å². The summed E-state index contributed by atoms with van der Waals surface area (Å²) in [4.78, 5) is 1.41. The van der Waals surface area contributed by atoms with E-state index in [1.807, 2.05) is 29.5 Å². The second-order valence-electron chi connectivity index (χ2n) is 4.73. The molecule has 108 valence electrons. The third-order valence-electron chi connectivity index (χ3n) is 3.47. The van der Waals surface area contributed by atoms with Gasteiger partial charge >= 0.3 is 0 Å². The fourth-order valence-corrected chi connectivity index (χ4v) is 3.78. The highest BCUT2D eigenvalue weighted by Gasteiger charge is 2.13. The van der Waals surface area contributed by atoms with Crippen molar-refractivity contribution in [1.82, 2.24) is 5.32 Å². The Hall–Kier alpha value is -0.540. The van der Waals surface area contributed by atoms with Crippen LogP contribution in [0.2, 0.25) is 10.0 Å². The highest BCUT2D eigenvalue weighted by atomic mass is 35.5. The van der Waals surface area contributed by atoms with Crippen LogP contribution < -0.4 is 5.32 Å². The van der Waals surface area contributed by atoms with E-state index in [0.717, 1.165) is 30.0 Å². The van der Waals surface area contributed by atoms with Gasteiger partial charge in [-0.2, -0.15) is 0 Å². The Labute approximate surface area is 134 Å². The van der Waals surface area contributed by atoms with Gasteiger partial charge in [0.1, 0.15) is 0 Å². The van der Waals surface area contributed by atoms with Crippen LogP contribution in [0.1, 0.15) is 42.3 Å². The molecule has 0 spiro atoms. The summed E-state index contributed by atoms with van der Waals surface area (Å²) in [7, 11) is 0. The molecule has 1 unspecified atom stereocenters.